The first-order valence-electron chi connectivity index (χ1n) is 8.89. The van der Waals surface area contributed by atoms with Crippen LogP contribution in [-0.4, -0.2) is 45.6 Å². The van der Waals surface area contributed by atoms with E-state index in [-0.39, 0.29) is 36.8 Å². The van der Waals surface area contributed by atoms with E-state index in [1.54, 1.807) is 0 Å². The third kappa shape index (κ3) is 4.90. The Morgan fingerprint density at radius 1 is 1.17 bits per heavy atom. The number of amides is 1. The Morgan fingerprint density at radius 3 is 2.69 bits per heavy atom. The molecular weight excluding hydrogens is 433 g/mol. The van der Waals surface area contributed by atoms with Gasteiger partial charge in [-0.3, -0.25) is 9.89 Å². The summed E-state index contributed by atoms with van der Waals surface area (Å²) in [6.07, 6.45) is 0. The Kier molecular flexibility index (Phi) is 8.05. The number of piperazine rings is 1. The summed E-state index contributed by atoms with van der Waals surface area (Å²) in [5.41, 5.74) is 2.39. The van der Waals surface area contributed by atoms with Gasteiger partial charge in [-0.2, -0.15) is 5.10 Å². The average Bonchev–Trinajstić information content (AvgIpc) is 3.14. The molecule has 0 spiro atoms. The van der Waals surface area contributed by atoms with E-state index in [0.717, 1.165) is 23.5 Å². The monoisotopic (exact) mass is 453 g/mol. The van der Waals surface area contributed by atoms with Crippen molar-refractivity contribution in [2.24, 2.45) is 0 Å². The van der Waals surface area contributed by atoms with Crippen LogP contribution in [0.3, 0.4) is 0 Å². The number of carbonyl (C=O) groups is 1. The molecule has 1 fully saturated rings. The summed E-state index contributed by atoms with van der Waals surface area (Å²) in [6, 6.07) is 15.0. The predicted molar refractivity (Wildman–Crippen MR) is 119 cm³/mol. The van der Waals surface area contributed by atoms with Crippen LogP contribution in [0.2, 0.25) is 5.02 Å². The van der Waals surface area contributed by atoms with Crippen molar-refractivity contribution in [3.63, 3.8) is 0 Å². The first-order chi connectivity index (χ1) is 13.1. The fraction of sp³-hybridized carbons (Fsp3) is 0.250. The lowest BCUT2D eigenvalue weighted by molar-refractivity contribution is 0.0634. The molecule has 6 nitrogen and oxygen atoms in total. The van der Waals surface area contributed by atoms with Gasteiger partial charge in [0.15, 0.2) is 5.82 Å². The molecular formula is C20H22Cl3N5O. The number of aromatic amines is 1. The molecule has 1 aliphatic heterocycles. The van der Waals surface area contributed by atoms with E-state index < -0.39 is 0 Å². The van der Waals surface area contributed by atoms with Crippen molar-refractivity contribution < 1.29 is 4.79 Å². The van der Waals surface area contributed by atoms with Gasteiger partial charge in [-0.05, 0) is 30.7 Å². The van der Waals surface area contributed by atoms with E-state index in [4.69, 9.17) is 11.6 Å². The second-order valence-corrected chi connectivity index (χ2v) is 6.97. The normalized spacial score (nSPS) is 15.9. The number of rotatable bonds is 3. The average molecular weight is 455 g/mol. The van der Waals surface area contributed by atoms with Crippen molar-refractivity contribution in [2.75, 3.05) is 19.6 Å². The third-order valence-electron chi connectivity index (χ3n) is 4.73. The van der Waals surface area contributed by atoms with Crippen LogP contribution < -0.4 is 5.32 Å². The molecule has 29 heavy (non-hydrogen) atoms. The number of hydrogen-bond donors (Lipinski definition) is 2. The highest BCUT2D eigenvalue weighted by atomic mass is 35.5. The van der Waals surface area contributed by atoms with Crippen molar-refractivity contribution >= 4 is 42.3 Å². The summed E-state index contributed by atoms with van der Waals surface area (Å²) < 4.78 is 0. The van der Waals surface area contributed by atoms with Gasteiger partial charge < -0.3 is 10.2 Å². The summed E-state index contributed by atoms with van der Waals surface area (Å²) >= 11 is 6.40. The molecule has 1 aliphatic rings. The van der Waals surface area contributed by atoms with Crippen LogP contribution in [0.4, 0.5) is 0 Å². The van der Waals surface area contributed by atoms with E-state index >= 15 is 0 Å². The molecule has 1 amide bonds. The van der Waals surface area contributed by atoms with E-state index in [0.29, 0.717) is 29.5 Å². The topological polar surface area (TPSA) is 73.9 Å². The van der Waals surface area contributed by atoms with E-state index in [1.807, 2.05) is 60.4 Å². The van der Waals surface area contributed by atoms with Gasteiger partial charge in [0, 0.05) is 35.8 Å². The first-order valence-corrected chi connectivity index (χ1v) is 9.27. The summed E-state index contributed by atoms with van der Waals surface area (Å²) in [4.78, 5) is 19.5. The van der Waals surface area contributed by atoms with Crippen LogP contribution >= 0.6 is 36.4 Å². The molecule has 4 rings (SSSR count). The van der Waals surface area contributed by atoms with E-state index in [1.165, 1.54) is 0 Å². The number of aryl methyl sites for hydroxylation is 1. The molecule has 9 heteroatoms. The van der Waals surface area contributed by atoms with Gasteiger partial charge in [0.1, 0.15) is 5.82 Å². The Balaban J connectivity index is 0.00000150. The number of hydrogen-bond acceptors (Lipinski definition) is 4. The smallest absolute Gasteiger partial charge is 0.254 e. The summed E-state index contributed by atoms with van der Waals surface area (Å²) in [5, 5.41) is 11.1. The molecule has 2 aromatic carbocycles. The zero-order valence-corrected chi connectivity index (χ0v) is 18.2. The zero-order valence-electron chi connectivity index (χ0n) is 15.8. The van der Waals surface area contributed by atoms with E-state index in [9.17, 15) is 4.79 Å². The fourth-order valence-corrected chi connectivity index (χ4v) is 3.66. The first kappa shape index (κ1) is 23.2. The van der Waals surface area contributed by atoms with Gasteiger partial charge in [0.05, 0.1) is 6.04 Å². The number of H-pyrrole nitrogens is 1. The maximum atomic E-state index is 13.3. The lowest BCUT2D eigenvalue weighted by Gasteiger charge is -2.37. The molecule has 1 saturated heterocycles. The van der Waals surface area contributed by atoms with Gasteiger partial charge >= 0.3 is 0 Å². The Morgan fingerprint density at radius 2 is 1.97 bits per heavy atom. The second-order valence-electron chi connectivity index (χ2n) is 6.57. The summed E-state index contributed by atoms with van der Waals surface area (Å²) in [6.45, 7) is 3.90. The van der Waals surface area contributed by atoms with Crippen LogP contribution in [0.15, 0.2) is 48.5 Å². The van der Waals surface area contributed by atoms with Crippen LogP contribution in [0.5, 0.6) is 0 Å². The third-order valence-corrected chi connectivity index (χ3v) is 5.08. The lowest BCUT2D eigenvalue weighted by atomic mass is 10.0. The number of nitrogens with zero attached hydrogens (tertiary/aromatic N) is 3. The van der Waals surface area contributed by atoms with Crippen LogP contribution in [-0.2, 0) is 0 Å². The standard InChI is InChI=1S/C20H20ClN5O.2ClH/c1-13-23-19(25-24-13)14-5-4-6-15(11-14)20(27)26-10-9-22-12-18(26)16-7-2-3-8-17(16)21;;/h2-8,11,18,22H,9-10,12H2,1H3,(H,23,24,25);2*1H. The highest BCUT2D eigenvalue weighted by Crippen LogP contribution is 2.30. The molecule has 3 aromatic rings. The van der Waals surface area contributed by atoms with Crippen LogP contribution in [0.1, 0.15) is 27.8 Å². The largest absolute Gasteiger partial charge is 0.329 e. The van der Waals surface area contributed by atoms with Gasteiger partial charge in [0.25, 0.3) is 5.91 Å². The van der Waals surface area contributed by atoms with Crippen molar-refractivity contribution in [3.05, 3.63) is 70.5 Å². The minimum absolute atomic E-state index is 0. The highest BCUT2D eigenvalue weighted by Gasteiger charge is 2.30. The summed E-state index contributed by atoms with van der Waals surface area (Å²) in [7, 11) is 0. The molecule has 0 radical (unpaired) electrons. The minimum Gasteiger partial charge on any atom is -0.329 e. The molecule has 1 aromatic heterocycles. The quantitative estimate of drug-likeness (QED) is 0.626. The molecule has 2 heterocycles. The van der Waals surface area contributed by atoms with Crippen LogP contribution in [0, 0.1) is 6.92 Å². The Bertz CT molecular complexity index is 978. The number of benzene rings is 2. The summed E-state index contributed by atoms with van der Waals surface area (Å²) in [5.74, 6) is 1.31. The van der Waals surface area contributed by atoms with Gasteiger partial charge in [-0.15, -0.1) is 24.8 Å². The molecule has 0 saturated carbocycles. The van der Waals surface area contributed by atoms with Gasteiger partial charge in [-0.25, -0.2) is 4.98 Å². The van der Waals surface area contributed by atoms with Crippen LogP contribution in [0.25, 0.3) is 11.4 Å². The number of halogens is 3. The molecule has 0 bridgehead atoms. The maximum Gasteiger partial charge on any atom is 0.254 e. The van der Waals surface area contributed by atoms with Gasteiger partial charge in [0.2, 0.25) is 0 Å². The van der Waals surface area contributed by atoms with Gasteiger partial charge in [-0.1, -0.05) is 41.9 Å². The molecule has 1 atom stereocenters. The fourth-order valence-electron chi connectivity index (χ4n) is 3.40. The molecule has 2 N–H and O–H groups in total. The SMILES string of the molecule is Cc1nc(-c2cccc(C(=O)N3CCNCC3c3ccccc3Cl)c2)n[nH]1.Cl.Cl. The Labute approximate surface area is 186 Å². The Hall–Kier alpha value is -2.12. The highest BCUT2D eigenvalue weighted by molar-refractivity contribution is 6.31. The number of nitrogens with one attached hydrogen (secondary N) is 2. The van der Waals surface area contributed by atoms with Crippen molar-refractivity contribution in [3.8, 4) is 11.4 Å². The molecule has 1 unspecified atom stereocenters. The van der Waals surface area contributed by atoms with Crippen molar-refractivity contribution in [1.29, 1.82) is 0 Å². The zero-order chi connectivity index (χ0) is 18.8. The minimum atomic E-state index is -0.102. The van der Waals surface area contributed by atoms with Crippen molar-refractivity contribution in [1.82, 2.24) is 25.4 Å². The second kappa shape index (κ2) is 10.1. The van der Waals surface area contributed by atoms with Crippen molar-refractivity contribution in [2.45, 2.75) is 13.0 Å². The maximum absolute atomic E-state index is 13.3. The number of aromatic nitrogens is 3. The molecule has 154 valence electrons. The number of carbonyl (C=O) groups excluding carboxylic acids is 1. The lowest BCUT2D eigenvalue weighted by Crippen LogP contribution is -2.48. The predicted octanol–water partition coefficient (Wildman–Crippen LogP) is 4.06. The molecule has 0 aliphatic carbocycles. The van der Waals surface area contributed by atoms with E-state index in [2.05, 4.69) is 20.5 Å².